The number of rotatable bonds is 3. The highest BCUT2D eigenvalue weighted by Crippen LogP contribution is 2.29. The van der Waals surface area contributed by atoms with Crippen LogP contribution < -0.4 is 0 Å². The first-order valence-corrected chi connectivity index (χ1v) is 7.65. The maximum absolute atomic E-state index is 9.45. The van der Waals surface area contributed by atoms with Crippen LogP contribution in [0.15, 0.2) is 64.4 Å². The number of thioether (sulfide) groups is 1. The van der Waals surface area contributed by atoms with Crippen LogP contribution in [-0.2, 0) is 5.75 Å². The molecular formula is C16H13NOS2. The monoisotopic (exact) mass is 299 g/mol. The van der Waals surface area contributed by atoms with Crippen molar-refractivity contribution in [2.45, 2.75) is 15.5 Å². The lowest BCUT2D eigenvalue weighted by molar-refractivity contribution is 0.462. The molecule has 0 atom stereocenters. The minimum Gasteiger partial charge on any atom is -0.507 e. The molecular weight excluding hydrogens is 286 g/mol. The molecule has 0 bridgehead atoms. The molecule has 0 radical (unpaired) electrons. The van der Waals surface area contributed by atoms with Gasteiger partial charge in [-0.2, -0.15) is 0 Å². The van der Waals surface area contributed by atoms with Crippen molar-refractivity contribution in [1.29, 1.82) is 0 Å². The number of aromatic hydroxyl groups is 1. The van der Waals surface area contributed by atoms with E-state index < -0.39 is 0 Å². The molecule has 0 aliphatic heterocycles. The summed E-state index contributed by atoms with van der Waals surface area (Å²) < 4.78 is 0. The van der Waals surface area contributed by atoms with E-state index in [0.29, 0.717) is 4.90 Å². The zero-order valence-electron chi connectivity index (χ0n) is 10.7. The number of phenolic OH excluding ortho intramolecular Hbond substituents is 1. The molecule has 0 saturated heterocycles. The number of phenols is 1. The number of nitrogens with zero attached hydrogens (tertiary/aromatic N) is 1. The fraction of sp³-hybridized carbons (Fsp3) is 0.0625. The van der Waals surface area contributed by atoms with Crippen LogP contribution in [-0.4, -0.2) is 10.1 Å². The van der Waals surface area contributed by atoms with Gasteiger partial charge in [0.2, 0.25) is 0 Å². The SMILES string of the molecule is Oc1ccc(SCc2ccc3ccccc3n2)cc1S. The van der Waals surface area contributed by atoms with Gasteiger partial charge in [-0.05, 0) is 30.3 Å². The highest BCUT2D eigenvalue weighted by Gasteiger charge is 2.02. The molecule has 0 amide bonds. The first-order chi connectivity index (χ1) is 9.72. The lowest BCUT2D eigenvalue weighted by Crippen LogP contribution is -1.87. The summed E-state index contributed by atoms with van der Waals surface area (Å²) in [7, 11) is 0. The van der Waals surface area contributed by atoms with Gasteiger partial charge < -0.3 is 5.11 Å². The van der Waals surface area contributed by atoms with E-state index in [-0.39, 0.29) is 5.75 Å². The van der Waals surface area contributed by atoms with Crippen LogP contribution in [0.4, 0.5) is 0 Å². The zero-order valence-corrected chi connectivity index (χ0v) is 12.4. The van der Waals surface area contributed by atoms with Crippen molar-refractivity contribution in [1.82, 2.24) is 4.98 Å². The van der Waals surface area contributed by atoms with Gasteiger partial charge in [0.05, 0.1) is 11.2 Å². The van der Waals surface area contributed by atoms with Gasteiger partial charge in [-0.25, -0.2) is 0 Å². The summed E-state index contributed by atoms with van der Waals surface area (Å²) in [5, 5.41) is 10.6. The maximum Gasteiger partial charge on any atom is 0.128 e. The van der Waals surface area contributed by atoms with Crippen LogP contribution in [0.1, 0.15) is 5.69 Å². The Kier molecular flexibility index (Phi) is 3.85. The average molecular weight is 299 g/mol. The van der Waals surface area contributed by atoms with E-state index in [9.17, 15) is 5.11 Å². The van der Waals surface area contributed by atoms with Gasteiger partial charge in [-0.3, -0.25) is 4.98 Å². The third kappa shape index (κ3) is 2.92. The molecule has 0 aliphatic rings. The van der Waals surface area contributed by atoms with Crippen LogP contribution in [0.5, 0.6) is 5.75 Å². The highest BCUT2D eigenvalue weighted by atomic mass is 32.2. The van der Waals surface area contributed by atoms with Crippen molar-refractivity contribution >= 4 is 35.3 Å². The Morgan fingerprint density at radius 1 is 1.05 bits per heavy atom. The van der Waals surface area contributed by atoms with Gasteiger partial charge in [0.1, 0.15) is 5.75 Å². The van der Waals surface area contributed by atoms with E-state index in [2.05, 4.69) is 35.8 Å². The highest BCUT2D eigenvalue weighted by molar-refractivity contribution is 7.98. The van der Waals surface area contributed by atoms with Gasteiger partial charge in [-0.1, -0.05) is 24.3 Å². The van der Waals surface area contributed by atoms with Crippen molar-refractivity contribution in [3.63, 3.8) is 0 Å². The van der Waals surface area contributed by atoms with Crippen molar-refractivity contribution < 1.29 is 5.11 Å². The predicted octanol–water partition coefficient (Wildman–Crippen LogP) is 4.52. The van der Waals surface area contributed by atoms with Crippen LogP contribution in [0.2, 0.25) is 0 Å². The molecule has 1 aromatic heterocycles. The van der Waals surface area contributed by atoms with Gasteiger partial charge in [-0.15, -0.1) is 24.4 Å². The summed E-state index contributed by atoms with van der Waals surface area (Å²) in [6, 6.07) is 17.7. The first kappa shape index (κ1) is 13.3. The fourth-order valence-electron chi connectivity index (χ4n) is 1.94. The Morgan fingerprint density at radius 2 is 1.90 bits per heavy atom. The van der Waals surface area contributed by atoms with Gasteiger partial charge in [0.25, 0.3) is 0 Å². The minimum absolute atomic E-state index is 0.210. The largest absolute Gasteiger partial charge is 0.507 e. The third-order valence-electron chi connectivity index (χ3n) is 2.99. The number of fused-ring (bicyclic) bond motifs is 1. The summed E-state index contributed by atoms with van der Waals surface area (Å²) in [5.41, 5.74) is 2.06. The van der Waals surface area contributed by atoms with E-state index in [4.69, 9.17) is 0 Å². The predicted molar refractivity (Wildman–Crippen MR) is 86.7 cm³/mol. The van der Waals surface area contributed by atoms with Crippen molar-refractivity contribution in [3.8, 4) is 5.75 Å². The molecule has 0 unspecified atom stereocenters. The third-order valence-corrected chi connectivity index (χ3v) is 4.38. The summed E-state index contributed by atoms with van der Waals surface area (Å²) in [5.74, 6) is 1.00. The summed E-state index contributed by atoms with van der Waals surface area (Å²) >= 11 is 5.90. The van der Waals surface area contributed by atoms with E-state index >= 15 is 0 Å². The van der Waals surface area contributed by atoms with Crippen molar-refractivity contribution in [3.05, 3.63) is 60.3 Å². The zero-order chi connectivity index (χ0) is 13.9. The quantitative estimate of drug-likeness (QED) is 0.551. The molecule has 0 fully saturated rings. The number of thiol groups is 1. The second kappa shape index (κ2) is 5.77. The maximum atomic E-state index is 9.45. The van der Waals surface area contributed by atoms with Crippen LogP contribution >= 0.6 is 24.4 Å². The Bertz CT molecular complexity index is 758. The van der Waals surface area contributed by atoms with Crippen LogP contribution in [0.3, 0.4) is 0 Å². The Balaban J connectivity index is 1.77. The molecule has 2 nitrogen and oxygen atoms in total. The first-order valence-electron chi connectivity index (χ1n) is 6.22. The number of pyridine rings is 1. The molecule has 3 aromatic rings. The molecule has 0 spiro atoms. The lowest BCUT2D eigenvalue weighted by atomic mass is 10.2. The normalized spacial score (nSPS) is 10.8. The number of aromatic nitrogens is 1. The molecule has 1 heterocycles. The second-order valence-corrected chi connectivity index (χ2v) is 5.97. The van der Waals surface area contributed by atoms with Gasteiger partial charge in [0, 0.05) is 20.9 Å². The topological polar surface area (TPSA) is 33.1 Å². The summed E-state index contributed by atoms with van der Waals surface area (Å²) in [6.07, 6.45) is 0. The van der Waals surface area contributed by atoms with Gasteiger partial charge in [0.15, 0.2) is 0 Å². The van der Waals surface area contributed by atoms with E-state index in [1.165, 1.54) is 0 Å². The molecule has 100 valence electrons. The molecule has 0 aliphatic carbocycles. The smallest absolute Gasteiger partial charge is 0.128 e. The summed E-state index contributed by atoms with van der Waals surface area (Å²) in [6.45, 7) is 0. The molecule has 1 N–H and O–H groups in total. The fourth-order valence-corrected chi connectivity index (χ4v) is 3.08. The Hall–Kier alpha value is -1.65. The molecule has 20 heavy (non-hydrogen) atoms. The van der Waals surface area contributed by atoms with E-state index in [0.717, 1.165) is 27.2 Å². The Morgan fingerprint density at radius 3 is 2.75 bits per heavy atom. The molecule has 0 saturated carbocycles. The van der Waals surface area contributed by atoms with Crippen molar-refractivity contribution in [2.24, 2.45) is 0 Å². The number of para-hydroxylation sites is 1. The van der Waals surface area contributed by atoms with Crippen LogP contribution in [0.25, 0.3) is 10.9 Å². The summed E-state index contributed by atoms with van der Waals surface area (Å²) in [4.78, 5) is 6.31. The second-order valence-electron chi connectivity index (χ2n) is 4.43. The van der Waals surface area contributed by atoms with Crippen molar-refractivity contribution in [2.75, 3.05) is 0 Å². The number of hydrogen-bond donors (Lipinski definition) is 2. The lowest BCUT2D eigenvalue weighted by Gasteiger charge is -2.05. The average Bonchev–Trinajstić information content (AvgIpc) is 2.48. The number of hydrogen-bond acceptors (Lipinski definition) is 4. The van der Waals surface area contributed by atoms with E-state index in [1.54, 1.807) is 17.8 Å². The number of benzene rings is 2. The van der Waals surface area contributed by atoms with Gasteiger partial charge >= 0.3 is 0 Å². The minimum atomic E-state index is 0.210. The van der Waals surface area contributed by atoms with Crippen LogP contribution in [0, 0.1) is 0 Å². The molecule has 3 rings (SSSR count). The van der Waals surface area contributed by atoms with E-state index in [1.807, 2.05) is 30.3 Å². The molecule has 4 heteroatoms. The standard InChI is InChI=1S/C16H13NOS2/c18-15-8-7-13(9-16(15)19)20-10-12-6-5-11-3-1-2-4-14(11)17-12/h1-9,18-19H,10H2. The molecule has 2 aromatic carbocycles. The Labute approximate surface area is 127 Å².